The van der Waals surface area contributed by atoms with Crippen LogP contribution in [0.2, 0.25) is 10.0 Å². The Bertz CT molecular complexity index is 686. The van der Waals surface area contributed by atoms with Gasteiger partial charge in [-0.1, -0.05) is 35.3 Å². The van der Waals surface area contributed by atoms with Gasteiger partial charge in [-0.3, -0.25) is 4.79 Å². The smallest absolute Gasteiger partial charge is 0.335 e. The molecule has 102 valence electrons. The lowest BCUT2D eigenvalue weighted by Crippen LogP contribution is -2.13. The highest BCUT2D eigenvalue weighted by Crippen LogP contribution is 2.21. The van der Waals surface area contributed by atoms with E-state index >= 15 is 0 Å². The highest BCUT2D eigenvalue weighted by Gasteiger charge is 2.12. The standard InChI is InChI=1S/C14H9Cl2NO3/c15-9-5-8(14(19)20)6-10(7-9)17-13(18)11-3-1-2-4-12(11)16/h1-7H,(H,17,18)(H,19,20). The van der Waals surface area contributed by atoms with Crippen molar-refractivity contribution in [1.82, 2.24) is 0 Å². The number of carboxylic acid groups (broad SMARTS) is 1. The Hall–Kier alpha value is -2.04. The summed E-state index contributed by atoms with van der Waals surface area (Å²) >= 11 is 11.7. The van der Waals surface area contributed by atoms with Crippen molar-refractivity contribution >= 4 is 40.8 Å². The number of rotatable bonds is 3. The van der Waals surface area contributed by atoms with E-state index in [1.807, 2.05) is 0 Å². The highest BCUT2D eigenvalue weighted by molar-refractivity contribution is 6.34. The Labute approximate surface area is 124 Å². The van der Waals surface area contributed by atoms with Crippen LogP contribution in [0.3, 0.4) is 0 Å². The molecule has 0 fully saturated rings. The fourth-order valence-corrected chi connectivity index (χ4v) is 2.09. The van der Waals surface area contributed by atoms with Gasteiger partial charge in [0.05, 0.1) is 16.1 Å². The van der Waals surface area contributed by atoms with Crippen molar-refractivity contribution in [3.8, 4) is 0 Å². The molecule has 6 heteroatoms. The van der Waals surface area contributed by atoms with Crippen molar-refractivity contribution < 1.29 is 14.7 Å². The summed E-state index contributed by atoms with van der Waals surface area (Å²) < 4.78 is 0. The van der Waals surface area contributed by atoms with Crippen molar-refractivity contribution in [1.29, 1.82) is 0 Å². The van der Waals surface area contributed by atoms with Gasteiger partial charge >= 0.3 is 5.97 Å². The lowest BCUT2D eigenvalue weighted by atomic mass is 10.1. The molecule has 0 aliphatic carbocycles. The van der Waals surface area contributed by atoms with Gasteiger partial charge in [0.25, 0.3) is 5.91 Å². The SMILES string of the molecule is O=C(O)c1cc(Cl)cc(NC(=O)c2ccccc2Cl)c1. The summed E-state index contributed by atoms with van der Waals surface area (Å²) in [5.41, 5.74) is 0.581. The molecule has 0 aromatic heterocycles. The van der Waals surface area contributed by atoms with E-state index in [-0.39, 0.29) is 10.6 Å². The lowest BCUT2D eigenvalue weighted by Gasteiger charge is -2.08. The lowest BCUT2D eigenvalue weighted by molar-refractivity contribution is 0.0696. The van der Waals surface area contributed by atoms with Crippen LogP contribution in [0.5, 0.6) is 0 Å². The van der Waals surface area contributed by atoms with Gasteiger partial charge < -0.3 is 10.4 Å². The molecule has 0 radical (unpaired) electrons. The van der Waals surface area contributed by atoms with E-state index in [1.54, 1.807) is 24.3 Å². The number of amides is 1. The highest BCUT2D eigenvalue weighted by atomic mass is 35.5. The molecule has 0 unspecified atom stereocenters. The second-order valence-electron chi connectivity index (χ2n) is 3.97. The van der Waals surface area contributed by atoms with Crippen LogP contribution >= 0.6 is 23.2 Å². The van der Waals surface area contributed by atoms with Gasteiger partial charge in [-0.05, 0) is 30.3 Å². The van der Waals surface area contributed by atoms with E-state index in [1.165, 1.54) is 18.2 Å². The minimum absolute atomic E-state index is 0.00745. The maximum Gasteiger partial charge on any atom is 0.335 e. The molecule has 0 atom stereocenters. The van der Waals surface area contributed by atoms with Gasteiger partial charge in [0.2, 0.25) is 0 Å². The molecule has 20 heavy (non-hydrogen) atoms. The minimum atomic E-state index is -1.12. The van der Waals surface area contributed by atoms with Gasteiger partial charge in [-0.15, -0.1) is 0 Å². The summed E-state index contributed by atoms with van der Waals surface area (Å²) in [6.07, 6.45) is 0. The number of carbonyl (C=O) groups is 2. The van der Waals surface area contributed by atoms with Crippen LogP contribution in [-0.2, 0) is 0 Å². The molecule has 0 heterocycles. The summed E-state index contributed by atoms with van der Waals surface area (Å²) in [5, 5.41) is 12.0. The van der Waals surface area contributed by atoms with E-state index in [9.17, 15) is 9.59 Å². The molecule has 2 rings (SSSR count). The van der Waals surface area contributed by atoms with Crippen LogP contribution in [0.15, 0.2) is 42.5 Å². The molecule has 2 aromatic rings. The van der Waals surface area contributed by atoms with Gasteiger partial charge in [-0.2, -0.15) is 0 Å². The van der Waals surface area contributed by atoms with Crippen LogP contribution in [0, 0.1) is 0 Å². The number of carboxylic acids is 1. The molecule has 0 saturated heterocycles. The molecule has 2 aromatic carbocycles. The summed E-state index contributed by atoms with van der Waals surface area (Å²) in [4.78, 5) is 23.0. The number of nitrogens with one attached hydrogen (secondary N) is 1. The number of aromatic carboxylic acids is 1. The number of hydrogen-bond donors (Lipinski definition) is 2. The summed E-state index contributed by atoms with van der Waals surface area (Å²) in [7, 11) is 0. The van der Waals surface area contributed by atoms with Gasteiger partial charge in [-0.25, -0.2) is 4.79 Å². The molecule has 0 saturated carbocycles. The second kappa shape index (κ2) is 5.94. The predicted molar refractivity (Wildman–Crippen MR) is 77.8 cm³/mol. The van der Waals surface area contributed by atoms with Crippen LogP contribution in [0.4, 0.5) is 5.69 Å². The van der Waals surface area contributed by atoms with Crippen molar-refractivity contribution in [3.63, 3.8) is 0 Å². The Morgan fingerprint density at radius 3 is 2.40 bits per heavy atom. The second-order valence-corrected chi connectivity index (χ2v) is 4.81. The molecule has 0 spiro atoms. The quantitative estimate of drug-likeness (QED) is 0.902. The van der Waals surface area contributed by atoms with E-state index in [2.05, 4.69) is 5.32 Å². The van der Waals surface area contributed by atoms with Crippen molar-refractivity contribution in [2.45, 2.75) is 0 Å². The Balaban J connectivity index is 2.28. The zero-order valence-corrected chi connectivity index (χ0v) is 11.6. The zero-order chi connectivity index (χ0) is 14.7. The minimum Gasteiger partial charge on any atom is -0.478 e. The average Bonchev–Trinajstić information content (AvgIpc) is 2.38. The predicted octanol–water partition coefficient (Wildman–Crippen LogP) is 3.94. The zero-order valence-electron chi connectivity index (χ0n) is 10.1. The van der Waals surface area contributed by atoms with Crippen LogP contribution in [-0.4, -0.2) is 17.0 Å². The maximum absolute atomic E-state index is 12.0. The van der Waals surface area contributed by atoms with E-state index in [4.69, 9.17) is 28.3 Å². The number of halogens is 2. The fraction of sp³-hybridized carbons (Fsp3) is 0. The first-order chi connectivity index (χ1) is 9.47. The largest absolute Gasteiger partial charge is 0.478 e. The molecule has 2 N–H and O–H groups in total. The summed E-state index contributed by atoms with van der Waals surface area (Å²) in [6.45, 7) is 0. The van der Waals surface area contributed by atoms with E-state index < -0.39 is 11.9 Å². The third kappa shape index (κ3) is 3.29. The molecule has 0 aliphatic rings. The first-order valence-electron chi connectivity index (χ1n) is 5.57. The van der Waals surface area contributed by atoms with Crippen molar-refractivity contribution in [2.75, 3.05) is 5.32 Å². The topological polar surface area (TPSA) is 66.4 Å². The van der Waals surface area contributed by atoms with Gasteiger partial charge in [0.15, 0.2) is 0 Å². The molecular weight excluding hydrogens is 301 g/mol. The molecule has 0 bridgehead atoms. The first kappa shape index (κ1) is 14.4. The number of hydrogen-bond acceptors (Lipinski definition) is 2. The summed E-state index contributed by atoms with van der Waals surface area (Å²) in [6, 6.07) is 10.6. The van der Waals surface area contributed by atoms with E-state index in [0.29, 0.717) is 16.3 Å². The molecule has 0 aliphatic heterocycles. The first-order valence-corrected chi connectivity index (χ1v) is 6.33. The number of carbonyl (C=O) groups excluding carboxylic acids is 1. The normalized spacial score (nSPS) is 10.1. The Morgan fingerprint density at radius 1 is 1.05 bits per heavy atom. The van der Waals surface area contributed by atoms with Crippen LogP contribution in [0.1, 0.15) is 20.7 Å². The van der Waals surface area contributed by atoms with E-state index in [0.717, 1.165) is 0 Å². The van der Waals surface area contributed by atoms with Gasteiger partial charge in [0.1, 0.15) is 0 Å². The van der Waals surface area contributed by atoms with Crippen LogP contribution in [0.25, 0.3) is 0 Å². The Morgan fingerprint density at radius 2 is 1.75 bits per heavy atom. The van der Waals surface area contributed by atoms with Crippen molar-refractivity contribution in [3.05, 3.63) is 63.6 Å². The average molecular weight is 310 g/mol. The molecule has 4 nitrogen and oxygen atoms in total. The summed E-state index contributed by atoms with van der Waals surface area (Å²) in [5.74, 6) is -1.56. The monoisotopic (exact) mass is 309 g/mol. The van der Waals surface area contributed by atoms with Crippen molar-refractivity contribution in [2.24, 2.45) is 0 Å². The van der Waals surface area contributed by atoms with Crippen LogP contribution < -0.4 is 5.32 Å². The fourth-order valence-electron chi connectivity index (χ4n) is 1.63. The third-order valence-corrected chi connectivity index (χ3v) is 3.07. The maximum atomic E-state index is 12.0. The Kier molecular flexibility index (Phi) is 4.27. The third-order valence-electron chi connectivity index (χ3n) is 2.52. The molecule has 1 amide bonds. The molecular formula is C14H9Cl2NO3. The van der Waals surface area contributed by atoms with Gasteiger partial charge in [0, 0.05) is 10.7 Å². The number of anilines is 1. The number of benzene rings is 2.